The first-order valence-corrected chi connectivity index (χ1v) is 9.39. The fraction of sp³-hybridized carbons (Fsp3) is 0.400. The van der Waals surface area contributed by atoms with Crippen molar-refractivity contribution in [2.75, 3.05) is 13.1 Å². The first-order valence-electron chi connectivity index (χ1n) is 9.02. The molecule has 1 fully saturated rings. The van der Waals surface area contributed by atoms with Gasteiger partial charge in [0.1, 0.15) is 5.76 Å². The largest absolute Gasteiger partial charge is 0.451 e. The van der Waals surface area contributed by atoms with E-state index in [0.29, 0.717) is 36.1 Å². The van der Waals surface area contributed by atoms with Gasteiger partial charge in [-0.1, -0.05) is 30.7 Å². The second-order valence-corrected chi connectivity index (χ2v) is 6.96. The van der Waals surface area contributed by atoms with Crippen molar-refractivity contribution in [1.82, 2.24) is 10.2 Å². The van der Waals surface area contributed by atoms with E-state index in [2.05, 4.69) is 5.32 Å². The van der Waals surface area contributed by atoms with Crippen LogP contribution in [0.3, 0.4) is 0 Å². The van der Waals surface area contributed by atoms with E-state index in [4.69, 9.17) is 16.0 Å². The molecule has 0 bridgehead atoms. The molecular formula is C20H23ClN2O3. The van der Waals surface area contributed by atoms with Gasteiger partial charge in [0.2, 0.25) is 5.91 Å². The second kappa shape index (κ2) is 8.41. The van der Waals surface area contributed by atoms with Crippen LogP contribution < -0.4 is 5.32 Å². The topological polar surface area (TPSA) is 62.6 Å². The summed E-state index contributed by atoms with van der Waals surface area (Å²) >= 11 is 6.19. The highest BCUT2D eigenvalue weighted by atomic mass is 35.5. The number of benzene rings is 1. The molecule has 1 aliphatic heterocycles. The Labute approximate surface area is 158 Å². The lowest BCUT2D eigenvalue weighted by molar-refractivity contribution is -0.122. The van der Waals surface area contributed by atoms with Crippen molar-refractivity contribution in [3.8, 4) is 11.3 Å². The zero-order valence-corrected chi connectivity index (χ0v) is 15.6. The number of carbonyl (C=O) groups excluding carboxylic acids is 2. The maximum absolute atomic E-state index is 12.8. The molecule has 0 spiro atoms. The van der Waals surface area contributed by atoms with Crippen LogP contribution in [0.2, 0.25) is 5.02 Å². The van der Waals surface area contributed by atoms with E-state index in [9.17, 15) is 9.59 Å². The SMILES string of the molecule is CCCC(=O)NC1CCCN(C(=O)c2ccc(-c3ccccc3Cl)o2)C1. The number of piperidine rings is 1. The van der Waals surface area contributed by atoms with Crippen LogP contribution in [-0.2, 0) is 4.79 Å². The first kappa shape index (κ1) is 18.5. The Morgan fingerprint density at radius 3 is 2.85 bits per heavy atom. The van der Waals surface area contributed by atoms with E-state index in [1.54, 1.807) is 23.1 Å². The monoisotopic (exact) mass is 374 g/mol. The van der Waals surface area contributed by atoms with Gasteiger partial charge >= 0.3 is 0 Å². The summed E-state index contributed by atoms with van der Waals surface area (Å²) in [6.45, 7) is 3.15. The van der Waals surface area contributed by atoms with Crippen molar-refractivity contribution in [1.29, 1.82) is 0 Å². The maximum Gasteiger partial charge on any atom is 0.289 e. The van der Waals surface area contributed by atoms with Crippen LogP contribution in [-0.4, -0.2) is 35.8 Å². The molecule has 2 heterocycles. The minimum absolute atomic E-state index is 0.00440. The van der Waals surface area contributed by atoms with Gasteiger partial charge in [-0.3, -0.25) is 9.59 Å². The molecule has 1 N–H and O–H groups in total. The average molecular weight is 375 g/mol. The molecule has 1 atom stereocenters. The Kier molecular flexibility index (Phi) is 5.99. The van der Waals surface area contributed by atoms with Gasteiger partial charge in [-0.2, -0.15) is 0 Å². The van der Waals surface area contributed by atoms with Crippen molar-refractivity contribution in [3.05, 3.63) is 47.2 Å². The quantitative estimate of drug-likeness (QED) is 0.856. The Hall–Kier alpha value is -2.27. The number of hydrogen-bond acceptors (Lipinski definition) is 3. The molecule has 0 radical (unpaired) electrons. The van der Waals surface area contributed by atoms with Crippen LogP contribution in [0.25, 0.3) is 11.3 Å². The number of carbonyl (C=O) groups is 2. The van der Waals surface area contributed by atoms with Gasteiger partial charge in [-0.25, -0.2) is 0 Å². The van der Waals surface area contributed by atoms with Crippen molar-refractivity contribution < 1.29 is 14.0 Å². The molecule has 26 heavy (non-hydrogen) atoms. The lowest BCUT2D eigenvalue weighted by Gasteiger charge is -2.32. The van der Waals surface area contributed by atoms with Gasteiger partial charge in [0.25, 0.3) is 5.91 Å². The van der Waals surface area contributed by atoms with Crippen molar-refractivity contribution in [3.63, 3.8) is 0 Å². The number of rotatable bonds is 5. The molecule has 6 heteroatoms. The summed E-state index contributed by atoms with van der Waals surface area (Å²) < 4.78 is 5.76. The third-order valence-electron chi connectivity index (χ3n) is 4.51. The zero-order chi connectivity index (χ0) is 18.5. The molecule has 1 aromatic carbocycles. The summed E-state index contributed by atoms with van der Waals surface area (Å²) in [4.78, 5) is 26.3. The van der Waals surface area contributed by atoms with Gasteiger partial charge in [0.05, 0.1) is 5.02 Å². The Bertz CT molecular complexity index is 787. The smallest absolute Gasteiger partial charge is 0.289 e. The predicted octanol–water partition coefficient (Wildman–Crippen LogP) is 4.12. The average Bonchev–Trinajstić information content (AvgIpc) is 3.11. The van der Waals surface area contributed by atoms with Crippen molar-refractivity contribution >= 4 is 23.4 Å². The third-order valence-corrected chi connectivity index (χ3v) is 4.84. The van der Waals surface area contributed by atoms with Crippen LogP contribution in [0, 0.1) is 0 Å². The minimum atomic E-state index is -0.155. The van der Waals surface area contributed by atoms with Crippen LogP contribution in [0.15, 0.2) is 40.8 Å². The summed E-state index contributed by atoms with van der Waals surface area (Å²) in [6.07, 6.45) is 3.09. The number of furan rings is 1. The highest BCUT2D eigenvalue weighted by Gasteiger charge is 2.27. The first-order chi connectivity index (χ1) is 12.6. The minimum Gasteiger partial charge on any atom is -0.451 e. The molecule has 2 amide bonds. The van der Waals surface area contributed by atoms with Gasteiger partial charge < -0.3 is 14.6 Å². The van der Waals surface area contributed by atoms with Crippen LogP contribution >= 0.6 is 11.6 Å². The molecule has 0 saturated carbocycles. The molecule has 3 rings (SSSR count). The standard InChI is InChI=1S/C20H23ClN2O3/c1-2-6-19(24)22-14-7-5-12-23(13-14)20(25)18-11-10-17(26-18)15-8-3-4-9-16(15)21/h3-4,8-11,14H,2,5-7,12-13H2,1H3,(H,22,24). The van der Waals surface area contributed by atoms with Gasteiger partial charge in [-0.05, 0) is 43.5 Å². The predicted molar refractivity (Wildman–Crippen MR) is 101 cm³/mol. The molecule has 1 saturated heterocycles. The summed E-state index contributed by atoms with van der Waals surface area (Å²) in [6, 6.07) is 10.8. The van der Waals surface area contributed by atoms with E-state index >= 15 is 0 Å². The van der Waals surface area contributed by atoms with E-state index in [1.165, 1.54) is 0 Å². The summed E-state index contributed by atoms with van der Waals surface area (Å²) in [5.41, 5.74) is 0.761. The maximum atomic E-state index is 12.8. The van der Waals surface area contributed by atoms with Gasteiger partial charge in [-0.15, -0.1) is 0 Å². The fourth-order valence-electron chi connectivity index (χ4n) is 3.22. The van der Waals surface area contributed by atoms with Gasteiger partial charge in [0.15, 0.2) is 5.76 Å². The van der Waals surface area contributed by atoms with E-state index < -0.39 is 0 Å². The molecule has 0 aliphatic carbocycles. The second-order valence-electron chi connectivity index (χ2n) is 6.55. The van der Waals surface area contributed by atoms with Crippen molar-refractivity contribution in [2.24, 2.45) is 0 Å². The third kappa shape index (κ3) is 4.28. The number of nitrogens with one attached hydrogen (secondary N) is 1. The molecule has 2 aromatic rings. The summed E-state index contributed by atoms with van der Waals surface area (Å²) in [5.74, 6) is 0.757. The van der Waals surface area contributed by atoms with E-state index in [0.717, 1.165) is 24.8 Å². The molecule has 1 unspecified atom stereocenters. The fourth-order valence-corrected chi connectivity index (χ4v) is 3.45. The summed E-state index contributed by atoms with van der Waals surface area (Å²) in [7, 11) is 0. The zero-order valence-electron chi connectivity index (χ0n) is 14.8. The van der Waals surface area contributed by atoms with Crippen LogP contribution in [0.1, 0.15) is 43.2 Å². The molecule has 1 aliphatic rings. The lowest BCUT2D eigenvalue weighted by Crippen LogP contribution is -2.49. The Morgan fingerprint density at radius 1 is 1.27 bits per heavy atom. The number of likely N-dealkylation sites (tertiary alicyclic amines) is 1. The van der Waals surface area contributed by atoms with E-state index in [1.807, 2.05) is 25.1 Å². The lowest BCUT2D eigenvalue weighted by atomic mass is 10.0. The highest BCUT2D eigenvalue weighted by molar-refractivity contribution is 6.33. The number of halogens is 1. The number of hydrogen-bond donors (Lipinski definition) is 1. The van der Waals surface area contributed by atoms with Crippen molar-refractivity contribution in [2.45, 2.75) is 38.6 Å². The highest BCUT2D eigenvalue weighted by Crippen LogP contribution is 2.29. The number of nitrogens with zero attached hydrogens (tertiary/aromatic N) is 1. The van der Waals surface area contributed by atoms with Crippen LogP contribution in [0.4, 0.5) is 0 Å². The molecule has 1 aromatic heterocycles. The molecular weight excluding hydrogens is 352 g/mol. The molecule has 5 nitrogen and oxygen atoms in total. The molecule has 138 valence electrons. The number of amides is 2. The van der Waals surface area contributed by atoms with Crippen LogP contribution in [0.5, 0.6) is 0 Å². The Balaban J connectivity index is 1.67. The van der Waals surface area contributed by atoms with Gasteiger partial charge in [0, 0.05) is 31.1 Å². The Morgan fingerprint density at radius 2 is 2.08 bits per heavy atom. The van der Waals surface area contributed by atoms with E-state index in [-0.39, 0.29) is 17.9 Å². The normalized spacial score (nSPS) is 17.2. The summed E-state index contributed by atoms with van der Waals surface area (Å²) in [5, 5.41) is 3.59.